The van der Waals surface area contributed by atoms with E-state index >= 15 is 0 Å². The maximum atomic E-state index is 11.7. The second-order valence-electron chi connectivity index (χ2n) is 3.87. The summed E-state index contributed by atoms with van der Waals surface area (Å²) in [4.78, 5) is 15.7. The second-order valence-corrected chi connectivity index (χ2v) is 4.26. The number of nitrogens with zero attached hydrogens (tertiary/aromatic N) is 1. The first kappa shape index (κ1) is 12.0. The summed E-state index contributed by atoms with van der Waals surface area (Å²) in [5.41, 5.74) is 1.24. The lowest BCUT2D eigenvalue weighted by molar-refractivity contribution is 0.0948. The molecule has 1 aromatic rings. The molecule has 1 heterocycles. The first-order chi connectivity index (χ1) is 7.00. The van der Waals surface area contributed by atoms with E-state index < -0.39 is 0 Å². The summed E-state index contributed by atoms with van der Waals surface area (Å²) in [6, 6.07) is 3.32. The number of pyridine rings is 1. The highest BCUT2D eigenvalue weighted by Crippen LogP contribution is 2.10. The molecule has 3 nitrogen and oxygen atoms in total. The van der Waals surface area contributed by atoms with Crippen LogP contribution in [0.1, 0.15) is 29.9 Å². The molecule has 15 heavy (non-hydrogen) atoms. The minimum atomic E-state index is -0.0923. The number of aryl methyl sites for hydroxylation is 1. The van der Waals surface area contributed by atoms with Crippen LogP contribution in [0.4, 0.5) is 0 Å². The number of halogens is 1. The maximum Gasteiger partial charge on any atom is 0.253 e. The molecule has 82 valence electrons. The van der Waals surface area contributed by atoms with Crippen LogP contribution in [-0.2, 0) is 0 Å². The SMILES string of the molecule is Cc1nc(Cl)ccc1C(=O)NCC(C)C. The Hall–Kier alpha value is -1.09. The molecule has 1 rings (SSSR count). The van der Waals surface area contributed by atoms with Crippen molar-refractivity contribution in [2.45, 2.75) is 20.8 Å². The molecule has 4 heteroatoms. The van der Waals surface area contributed by atoms with E-state index in [1.54, 1.807) is 19.1 Å². The van der Waals surface area contributed by atoms with Crippen molar-refractivity contribution in [3.05, 3.63) is 28.5 Å². The minimum absolute atomic E-state index is 0.0923. The van der Waals surface area contributed by atoms with E-state index in [-0.39, 0.29) is 5.91 Å². The molecule has 0 atom stereocenters. The molecule has 0 spiro atoms. The van der Waals surface area contributed by atoms with Crippen LogP contribution < -0.4 is 5.32 Å². The van der Waals surface area contributed by atoms with Crippen molar-refractivity contribution in [2.75, 3.05) is 6.54 Å². The van der Waals surface area contributed by atoms with Crippen molar-refractivity contribution in [2.24, 2.45) is 5.92 Å². The standard InChI is InChI=1S/C11H15ClN2O/c1-7(2)6-13-11(15)9-4-5-10(12)14-8(9)3/h4-5,7H,6H2,1-3H3,(H,13,15). The second kappa shape index (κ2) is 5.12. The summed E-state index contributed by atoms with van der Waals surface area (Å²) in [5, 5.41) is 3.25. The summed E-state index contributed by atoms with van der Waals surface area (Å²) in [5.74, 6) is 0.347. The van der Waals surface area contributed by atoms with E-state index in [0.29, 0.717) is 28.9 Å². The monoisotopic (exact) mass is 226 g/mol. The van der Waals surface area contributed by atoms with Gasteiger partial charge in [0.25, 0.3) is 5.91 Å². The van der Waals surface area contributed by atoms with Crippen LogP contribution in [0.2, 0.25) is 5.15 Å². The fraction of sp³-hybridized carbons (Fsp3) is 0.455. The lowest BCUT2D eigenvalue weighted by atomic mass is 10.1. The van der Waals surface area contributed by atoms with Gasteiger partial charge in [0.15, 0.2) is 0 Å². The maximum absolute atomic E-state index is 11.7. The Balaban J connectivity index is 2.74. The molecule has 0 unspecified atom stereocenters. The van der Waals surface area contributed by atoms with Crippen molar-refractivity contribution >= 4 is 17.5 Å². The van der Waals surface area contributed by atoms with Gasteiger partial charge in [0.1, 0.15) is 5.15 Å². The highest BCUT2D eigenvalue weighted by molar-refractivity contribution is 6.29. The van der Waals surface area contributed by atoms with Crippen molar-refractivity contribution in [1.29, 1.82) is 0 Å². The number of nitrogens with one attached hydrogen (secondary N) is 1. The Labute approximate surface area is 94.9 Å². The first-order valence-electron chi connectivity index (χ1n) is 4.92. The molecule has 0 aliphatic rings. The van der Waals surface area contributed by atoms with Gasteiger partial charge in [-0.05, 0) is 25.0 Å². The van der Waals surface area contributed by atoms with Crippen LogP contribution >= 0.6 is 11.6 Å². The van der Waals surface area contributed by atoms with Crippen molar-refractivity contribution in [3.63, 3.8) is 0 Å². The molecular formula is C11H15ClN2O. The molecule has 0 aliphatic heterocycles. The number of carbonyl (C=O) groups excluding carboxylic acids is 1. The van der Waals surface area contributed by atoms with Crippen LogP contribution in [0.3, 0.4) is 0 Å². The average molecular weight is 227 g/mol. The Morgan fingerprint density at radius 2 is 2.20 bits per heavy atom. The zero-order valence-electron chi connectivity index (χ0n) is 9.17. The molecule has 0 radical (unpaired) electrons. The largest absolute Gasteiger partial charge is 0.352 e. The fourth-order valence-corrected chi connectivity index (χ4v) is 1.35. The quantitative estimate of drug-likeness (QED) is 0.805. The van der Waals surface area contributed by atoms with Crippen LogP contribution in [-0.4, -0.2) is 17.4 Å². The van der Waals surface area contributed by atoms with E-state index in [2.05, 4.69) is 10.3 Å². The molecule has 0 saturated heterocycles. The third-order valence-electron chi connectivity index (χ3n) is 1.97. The van der Waals surface area contributed by atoms with Crippen molar-refractivity contribution in [3.8, 4) is 0 Å². The predicted octanol–water partition coefficient (Wildman–Crippen LogP) is 2.43. The lowest BCUT2D eigenvalue weighted by Gasteiger charge is -2.09. The molecule has 1 amide bonds. The van der Waals surface area contributed by atoms with Gasteiger partial charge in [-0.25, -0.2) is 4.98 Å². The summed E-state index contributed by atoms with van der Waals surface area (Å²) >= 11 is 5.71. The highest BCUT2D eigenvalue weighted by Gasteiger charge is 2.09. The number of hydrogen-bond donors (Lipinski definition) is 1. The van der Waals surface area contributed by atoms with E-state index in [4.69, 9.17) is 11.6 Å². The first-order valence-corrected chi connectivity index (χ1v) is 5.30. The number of aromatic nitrogens is 1. The molecular weight excluding hydrogens is 212 g/mol. The van der Waals surface area contributed by atoms with Crippen LogP contribution in [0.25, 0.3) is 0 Å². The van der Waals surface area contributed by atoms with Gasteiger partial charge in [-0.2, -0.15) is 0 Å². The van der Waals surface area contributed by atoms with Crippen LogP contribution in [0.5, 0.6) is 0 Å². The highest BCUT2D eigenvalue weighted by atomic mass is 35.5. The average Bonchev–Trinajstić information content (AvgIpc) is 2.14. The number of amides is 1. The minimum Gasteiger partial charge on any atom is -0.352 e. The zero-order valence-corrected chi connectivity index (χ0v) is 9.93. The Morgan fingerprint density at radius 3 is 2.73 bits per heavy atom. The number of hydrogen-bond acceptors (Lipinski definition) is 2. The molecule has 0 bridgehead atoms. The molecule has 0 aromatic carbocycles. The van der Waals surface area contributed by atoms with E-state index in [1.807, 2.05) is 13.8 Å². The van der Waals surface area contributed by atoms with E-state index in [9.17, 15) is 4.79 Å². The third kappa shape index (κ3) is 3.51. The predicted molar refractivity (Wildman–Crippen MR) is 61.2 cm³/mol. The molecule has 0 aliphatic carbocycles. The van der Waals surface area contributed by atoms with Gasteiger partial charge < -0.3 is 5.32 Å². The van der Waals surface area contributed by atoms with Gasteiger partial charge in [0.2, 0.25) is 0 Å². The number of carbonyl (C=O) groups is 1. The van der Waals surface area contributed by atoms with Gasteiger partial charge in [0, 0.05) is 6.54 Å². The van der Waals surface area contributed by atoms with Crippen LogP contribution in [0, 0.1) is 12.8 Å². The van der Waals surface area contributed by atoms with Crippen molar-refractivity contribution < 1.29 is 4.79 Å². The summed E-state index contributed by atoms with van der Waals surface area (Å²) < 4.78 is 0. The molecule has 0 fully saturated rings. The van der Waals surface area contributed by atoms with Gasteiger partial charge in [-0.15, -0.1) is 0 Å². The van der Waals surface area contributed by atoms with Crippen molar-refractivity contribution in [1.82, 2.24) is 10.3 Å². The van der Waals surface area contributed by atoms with Crippen LogP contribution in [0.15, 0.2) is 12.1 Å². The van der Waals surface area contributed by atoms with E-state index in [0.717, 1.165) is 0 Å². The fourth-order valence-electron chi connectivity index (χ4n) is 1.16. The Kier molecular flexibility index (Phi) is 4.09. The summed E-state index contributed by atoms with van der Waals surface area (Å²) in [6.07, 6.45) is 0. The lowest BCUT2D eigenvalue weighted by Crippen LogP contribution is -2.28. The molecule has 1 N–H and O–H groups in total. The van der Waals surface area contributed by atoms with Gasteiger partial charge in [0.05, 0.1) is 11.3 Å². The zero-order chi connectivity index (χ0) is 11.4. The summed E-state index contributed by atoms with van der Waals surface area (Å²) in [6.45, 7) is 6.54. The third-order valence-corrected chi connectivity index (χ3v) is 2.18. The normalized spacial score (nSPS) is 10.5. The summed E-state index contributed by atoms with van der Waals surface area (Å²) in [7, 11) is 0. The molecule has 0 saturated carbocycles. The van der Waals surface area contributed by atoms with Gasteiger partial charge in [-0.1, -0.05) is 25.4 Å². The molecule has 1 aromatic heterocycles. The van der Waals surface area contributed by atoms with Gasteiger partial charge >= 0.3 is 0 Å². The Bertz CT molecular complexity index is 364. The number of rotatable bonds is 3. The Morgan fingerprint density at radius 1 is 1.53 bits per heavy atom. The van der Waals surface area contributed by atoms with E-state index in [1.165, 1.54) is 0 Å². The van der Waals surface area contributed by atoms with Gasteiger partial charge in [-0.3, -0.25) is 4.79 Å². The smallest absolute Gasteiger partial charge is 0.253 e. The topological polar surface area (TPSA) is 42.0 Å².